The molecular formula is C14H13ClN4. The van der Waals surface area contributed by atoms with E-state index in [1.54, 1.807) is 6.07 Å². The summed E-state index contributed by atoms with van der Waals surface area (Å²) in [4.78, 5) is 4.14. The van der Waals surface area contributed by atoms with Crippen LogP contribution in [0, 0.1) is 11.3 Å². The lowest BCUT2D eigenvalue weighted by atomic mass is 10.1. The number of pyridine rings is 1. The first-order valence-electron chi connectivity index (χ1n) is 5.78. The van der Waals surface area contributed by atoms with Crippen LogP contribution in [-0.4, -0.2) is 4.98 Å². The number of nitrogens with one attached hydrogen (secondary N) is 1. The van der Waals surface area contributed by atoms with Gasteiger partial charge in [0, 0.05) is 5.02 Å². The number of hydrogen-bond donors (Lipinski definition) is 2. The summed E-state index contributed by atoms with van der Waals surface area (Å²) in [5.41, 5.74) is 7.44. The Bertz CT molecular complexity index is 634. The summed E-state index contributed by atoms with van der Waals surface area (Å²) in [5.74, 6) is 0.504. The molecule has 2 aromatic rings. The van der Waals surface area contributed by atoms with Crippen LogP contribution in [-0.2, 0) is 0 Å². The Balaban J connectivity index is 2.27. The van der Waals surface area contributed by atoms with Crippen molar-refractivity contribution in [3.05, 3.63) is 52.7 Å². The zero-order valence-electron chi connectivity index (χ0n) is 10.4. The van der Waals surface area contributed by atoms with Crippen molar-refractivity contribution in [2.45, 2.75) is 13.0 Å². The van der Waals surface area contributed by atoms with Crippen molar-refractivity contribution in [2.75, 3.05) is 11.1 Å². The van der Waals surface area contributed by atoms with Gasteiger partial charge in [0.1, 0.15) is 11.9 Å². The van der Waals surface area contributed by atoms with Gasteiger partial charge in [-0.3, -0.25) is 0 Å². The molecule has 1 aromatic heterocycles. The number of benzene rings is 1. The molecule has 0 amide bonds. The summed E-state index contributed by atoms with van der Waals surface area (Å²) in [5, 5.41) is 12.9. The van der Waals surface area contributed by atoms with Crippen LogP contribution in [0.5, 0.6) is 0 Å². The molecule has 1 atom stereocenters. The van der Waals surface area contributed by atoms with E-state index in [9.17, 15) is 0 Å². The highest BCUT2D eigenvalue weighted by molar-refractivity contribution is 6.31. The topological polar surface area (TPSA) is 74.7 Å². The Labute approximate surface area is 116 Å². The van der Waals surface area contributed by atoms with Crippen LogP contribution in [0.4, 0.5) is 11.5 Å². The van der Waals surface area contributed by atoms with Crippen molar-refractivity contribution in [1.82, 2.24) is 4.98 Å². The number of halogens is 1. The van der Waals surface area contributed by atoms with E-state index in [0.29, 0.717) is 22.1 Å². The summed E-state index contributed by atoms with van der Waals surface area (Å²) >= 11 is 6.14. The van der Waals surface area contributed by atoms with Gasteiger partial charge in [0.15, 0.2) is 0 Å². The molecule has 3 N–H and O–H groups in total. The average molecular weight is 273 g/mol. The number of nitrogens with two attached hydrogens (primary N) is 1. The summed E-state index contributed by atoms with van der Waals surface area (Å²) in [6.45, 7) is 1.96. The van der Waals surface area contributed by atoms with Crippen LogP contribution in [0.3, 0.4) is 0 Å². The number of nitrogen functional groups attached to an aromatic ring is 1. The zero-order chi connectivity index (χ0) is 13.8. The van der Waals surface area contributed by atoms with Gasteiger partial charge in [0.2, 0.25) is 0 Å². The third kappa shape index (κ3) is 2.95. The molecule has 0 bridgehead atoms. The maximum absolute atomic E-state index is 9.07. The lowest BCUT2D eigenvalue weighted by Crippen LogP contribution is -2.10. The minimum absolute atomic E-state index is 0.0584. The van der Waals surface area contributed by atoms with Gasteiger partial charge < -0.3 is 11.1 Å². The molecule has 0 saturated carbocycles. The molecule has 5 heteroatoms. The quantitative estimate of drug-likeness (QED) is 0.898. The number of nitrogens with zero attached hydrogens (tertiary/aromatic N) is 2. The number of anilines is 2. The third-order valence-corrected chi connectivity index (χ3v) is 3.10. The van der Waals surface area contributed by atoms with E-state index in [0.717, 1.165) is 5.56 Å². The Morgan fingerprint density at radius 1 is 1.42 bits per heavy atom. The minimum atomic E-state index is -0.0584. The summed E-state index contributed by atoms with van der Waals surface area (Å²) in [6.07, 6.45) is 1.52. The van der Waals surface area contributed by atoms with Gasteiger partial charge in [-0.25, -0.2) is 4.98 Å². The lowest BCUT2D eigenvalue weighted by molar-refractivity contribution is 0.874. The molecule has 0 radical (unpaired) electrons. The molecule has 96 valence electrons. The van der Waals surface area contributed by atoms with E-state index >= 15 is 0 Å². The van der Waals surface area contributed by atoms with Crippen molar-refractivity contribution in [3.8, 4) is 6.07 Å². The number of aromatic nitrogens is 1. The third-order valence-electron chi connectivity index (χ3n) is 2.75. The molecule has 4 nitrogen and oxygen atoms in total. The summed E-state index contributed by atoms with van der Waals surface area (Å²) in [6, 6.07) is 11.2. The van der Waals surface area contributed by atoms with Crippen LogP contribution in [0.2, 0.25) is 5.02 Å². The van der Waals surface area contributed by atoms with Crippen LogP contribution in [0.1, 0.15) is 24.1 Å². The highest BCUT2D eigenvalue weighted by atomic mass is 35.5. The standard InChI is InChI=1S/C14H13ClN4/c1-9(12-4-2-3-5-13(12)15)19-14-10(7-16)6-11(17)8-18-14/h2-6,8-9H,17H2,1H3,(H,18,19). The van der Waals surface area contributed by atoms with Gasteiger partial charge in [-0.2, -0.15) is 5.26 Å². The smallest absolute Gasteiger partial charge is 0.144 e. The van der Waals surface area contributed by atoms with E-state index < -0.39 is 0 Å². The Morgan fingerprint density at radius 3 is 2.84 bits per heavy atom. The van der Waals surface area contributed by atoms with E-state index in [1.165, 1.54) is 6.20 Å². The molecular weight excluding hydrogens is 260 g/mol. The maximum Gasteiger partial charge on any atom is 0.144 e. The van der Waals surface area contributed by atoms with Crippen LogP contribution < -0.4 is 11.1 Å². The predicted molar refractivity (Wildman–Crippen MR) is 76.9 cm³/mol. The highest BCUT2D eigenvalue weighted by Crippen LogP contribution is 2.26. The van der Waals surface area contributed by atoms with E-state index in [4.69, 9.17) is 22.6 Å². The van der Waals surface area contributed by atoms with Gasteiger partial charge >= 0.3 is 0 Å². The highest BCUT2D eigenvalue weighted by Gasteiger charge is 2.12. The van der Waals surface area contributed by atoms with Gasteiger partial charge in [0.25, 0.3) is 0 Å². The molecule has 2 rings (SSSR count). The SMILES string of the molecule is CC(Nc1ncc(N)cc1C#N)c1ccccc1Cl. The fourth-order valence-corrected chi connectivity index (χ4v) is 2.09. The second-order valence-corrected chi connectivity index (χ2v) is 4.57. The second-order valence-electron chi connectivity index (χ2n) is 4.16. The van der Waals surface area contributed by atoms with Gasteiger partial charge in [-0.05, 0) is 24.6 Å². The van der Waals surface area contributed by atoms with Crippen molar-refractivity contribution in [3.63, 3.8) is 0 Å². The molecule has 1 unspecified atom stereocenters. The Kier molecular flexibility index (Phi) is 3.88. The minimum Gasteiger partial charge on any atom is -0.397 e. The molecule has 1 aromatic carbocycles. The van der Waals surface area contributed by atoms with Gasteiger partial charge in [-0.15, -0.1) is 0 Å². The normalized spacial score (nSPS) is 11.6. The van der Waals surface area contributed by atoms with Crippen molar-refractivity contribution in [1.29, 1.82) is 5.26 Å². The predicted octanol–water partition coefficient (Wildman–Crippen LogP) is 3.36. The summed E-state index contributed by atoms with van der Waals surface area (Å²) < 4.78 is 0. The first-order chi connectivity index (χ1) is 9.11. The second kappa shape index (κ2) is 5.59. The Hall–Kier alpha value is -2.25. The number of hydrogen-bond acceptors (Lipinski definition) is 4. The molecule has 19 heavy (non-hydrogen) atoms. The van der Waals surface area contributed by atoms with Crippen molar-refractivity contribution < 1.29 is 0 Å². The van der Waals surface area contributed by atoms with E-state index in [1.807, 2.05) is 31.2 Å². The lowest BCUT2D eigenvalue weighted by Gasteiger charge is -2.17. The molecule has 0 spiro atoms. The van der Waals surface area contributed by atoms with Crippen LogP contribution >= 0.6 is 11.6 Å². The molecule has 0 fully saturated rings. The van der Waals surface area contributed by atoms with Gasteiger partial charge in [-0.1, -0.05) is 29.8 Å². The van der Waals surface area contributed by atoms with Crippen molar-refractivity contribution in [2.24, 2.45) is 0 Å². The number of rotatable bonds is 3. The van der Waals surface area contributed by atoms with Crippen molar-refractivity contribution >= 4 is 23.1 Å². The van der Waals surface area contributed by atoms with Crippen LogP contribution in [0.15, 0.2) is 36.5 Å². The van der Waals surface area contributed by atoms with Gasteiger partial charge in [0.05, 0.1) is 23.5 Å². The molecule has 0 aliphatic carbocycles. The zero-order valence-corrected chi connectivity index (χ0v) is 11.1. The largest absolute Gasteiger partial charge is 0.397 e. The molecule has 0 aliphatic rings. The molecule has 0 saturated heterocycles. The van der Waals surface area contributed by atoms with Crippen LogP contribution in [0.25, 0.3) is 0 Å². The summed E-state index contributed by atoms with van der Waals surface area (Å²) in [7, 11) is 0. The van der Waals surface area contributed by atoms with E-state index in [-0.39, 0.29) is 6.04 Å². The molecule has 0 aliphatic heterocycles. The number of nitriles is 1. The Morgan fingerprint density at radius 2 is 2.16 bits per heavy atom. The molecule has 1 heterocycles. The fraction of sp³-hybridized carbons (Fsp3) is 0.143. The first-order valence-corrected chi connectivity index (χ1v) is 6.16. The maximum atomic E-state index is 9.07. The average Bonchev–Trinajstić information content (AvgIpc) is 2.41. The fourth-order valence-electron chi connectivity index (χ4n) is 1.79. The van der Waals surface area contributed by atoms with E-state index in [2.05, 4.69) is 16.4 Å². The first kappa shape index (κ1) is 13.2. The monoisotopic (exact) mass is 272 g/mol.